The van der Waals surface area contributed by atoms with Gasteiger partial charge in [-0.25, -0.2) is 4.39 Å². The first-order valence-electron chi connectivity index (χ1n) is 10.1. The number of benzene rings is 3. The molecule has 0 spiro atoms. The lowest BCUT2D eigenvalue weighted by Gasteiger charge is -2.50. The molecule has 0 amide bonds. The van der Waals surface area contributed by atoms with Crippen LogP contribution in [-0.2, 0) is 4.79 Å². The van der Waals surface area contributed by atoms with Gasteiger partial charge in [0.1, 0.15) is 35.4 Å². The molecule has 1 saturated heterocycles. The van der Waals surface area contributed by atoms with Gasteiger partial charge in [-0.15, -0.1) is 0 Å². The molecule has 1 N–H and O–H groups in total. The molecule has 5 nitrogen and oxygen atoms in total. The van der Waals surface area contributed by atoms with Gasteiger partial charge < -0.3 is 14.6 Å². The number of hydrogen-bond donors (Lipinski definition) is 1. The van der Waals surface area contributed by atoms with Crippen molar-refractivity contribution in [3.05, 3.63) is 72.0 Å². The summed E-state index contributed by atoms with van der Waals surface area (Å²) in [7, 11) is 1.56. The number of fused-ring (bicyclic) bond motifs is 1. The first kappa shape index (κ1) is 22.8. The van der Waals surface area contributed by atoms with E-state index in [0.29, 0.717) is 11.5 Å². The summed E-state index contributed by atoms with van der Waals surface area (Å²) in [6.07, 6.45) is -4.65. The summed E-state index contributed by atoms with van der Waals surface area (Å²) in [4.78, 5) is 13.0. The minimum Gasteiger partial charge on any atom is -0.497 e. The number of likely N-dealkylation sites (tertiary alicyclic amines) is 1. The van der Waals surface area contributed by atoms with Crippen molar-refractivity contribution in [1.82, 2.24) is 4.90 Å². The van der Waals surface area contributed by atoms with Crippen molar-refractivity contribution < 1.29 is 36.9 Å². The third kappa shape index (κ3) is 4.59. The Bertz CT molecular complexity index is 1160. The Morgan fingerprint density at radius 3 is 2.15 bits per heavy atom. The van der Waals surface area contributed by atoms with Crippen molar-refractivity contribution in [1.29, 1.82) is 0 Å². The molecule has 0 saturated carbocycles. The largest absolute Gasteiger partial charge is 0.497 e. The Labute approximate surface area is 187 Å². The molecule has 0 bridgehead atoms. The number of ether oxygens (including phenoxy) is 2. The molecule has 1 fully saturated rings. The highest BCUT2D eigenvalue weighted by molar-refractivity contribution is 5.85. The number of carboxylic acid groups (broad SMARTS) is 1. The number of carboxylic acids is 1. The van der Waals surface area contributed by atoms with Crippen molar-refractivity contribution in [3.8, 4) is 11.5 Å². The summed E-state index contributed by atoms with van der Waals surface area (Å²) in [5.74, 6) is -0.775. The zero-order chi connectivity index (χ0) is 23.8. The van der Waals surface area contributed by atoms with Crippen LogP contribution in [0.4, 0.5) is 17.6 Å². The molecule has 0 radical (unpaired) electrons. The smallest absolute Gasteiger partial charge is 0.408 e. The van der Waals surface area contributed by atoms with Gasteiger partial charge in [0.15, 0.2) is 0 Å². The Morgan fingerprint density at radius 1 is 1.03 bits per heavy atom. The van der Waals surface area contributed by atoms with Crippen LogP contribution in [0.15, 0.2) is 60.7 Å². The zero-order valence-electron chi connectivity index (χ0n) is 17.6. The minimum absolute atomic E-state index is 0.145. The Balaban J connectivity index is 1.49. The number of rotatable bonds is 7. The second kappa shape index (κ2) is 8.55. The maximum absolute atomic E-state index is 13.8. The fourth-order valence-electron chi connectivity index (χ4n) is 4.09. The molecular weight excluding hydrogens is 442 g/mol. The summed E-state index contributed by atoms with van der Waals surface area (Å²) in [5.41, 5.74) is -1.63. The van der Waals surface area contributed by atoms with E-state index in [-0.39, 0.29) is 25.3 Å². The molecular formula is C24H21F4NO4. The first-order chi connectivity index (χ1) is 15.6. The van der Waals surface area contributed by atoms with E-state index in [1.165, 1.54) is 0 Å². The van der Waals surface area contributed by atoms with Crippen LogP contribution in [0, 0.1) is 11.2 Å². The fraction of sp³-hybridized carbons (Fsp3) is 0.292. The third-order valence-electron chi connectivity index (χ3n) is 5.86. The predicted octanol–water partition coefficient (Wildman–Crippen LogP) is 5.06. The van der Waals surface area contributed by atoms with E-state index < -0.39 is 29.4 Å². The lowest BCUT2D eigenvalue weighted by Crippen LogP contribution is -2.65. The van der Waals surface area contributed by atoms with Crippen LogP contribution < -0.4 is 9.47 Å². The van der Waals surface area contributed by atoms with Gasteiger partial charge in [0, 0.05) is 13.1 Å². The summed E-state index contributed by atoms with van der Waals surface area (Å²) in [6, 6.07) is 12.7. The van der Waals surface area contributed by atoms with Gasteiger partial charge >= 0.3 is 12.1 Å². The van der Waals surface area contributed by atoms with Gasteiger partial charge in [-0.1, -0.05) is 24.3 Å². The number of carbonyl (C=O) groups is 1. The van der Waals surface area contributed by atoms with E-state index in [0.717, 1.165) is 39.9 Å². The van der Waals surface area contributed by atoms with Crippen LogP contribution in [0.2, 0.25) is 0 Å². The monoisotopic (exact) mass is 463 g/mol. The molecule has 3 aromatic carbocycles. The number of halogens is 4. The first-order valence-corrected chi connectivity index (χ1v) is 10.1. The summed E-state index contributed by atoms with van der Waals surface area (Å²) >= 11 is 0. The lowest BCUT2D eigenvalue weighted by atomic mass is 9.78. The molecule has 0 aromatic heterocycles. The zero-order valence-corrected chi connectivity index (χ0v) is 17.6. The molecule has 33 heavy (non-hydrogen) atoms. The summed E-state index contributed by atoms with van der Waals surface area (Å²) in [5, 5.41) is 11.5. The molecule has 1 aliphatic rings. The maximum Gasteiger partial charge on any atom is 0.408 e. The quantitative estimate of drug-likeness (QED) is 0.497. The number of aliphatic carboxylic acids is 1. The Kier molecular flexibility index (Phi) is 5.92. The van der Waals surface area contributed by atoms with E-state index in [4.69, 9.17) is 9.47 Å². The highest BCUT2D eigenvalue weighted by Crippen LogP contribution is 2.45. The number of alkyl halides is 3. The molecule has 0 aliphatic carbocycles. The van der Waals surface area contributed by atoms with E-state index in [9.17, 15) is 27.5 Å². The van der Waals surface area contributed by atoms with E-state index >= 15 is 0 Å². The summed E-state index contributed by atoms with van der Waals surface area (Å²) in [6.45, 7) is -0.988. The van der Waals surface area contributed by atoms with Crippen molar-refractivity contribution >= 4 is 16.7 Å². The van der Waals surface area contributed by atoms with Crippen LogP contribution in [-0.4, -0.2) is 49.0 Å². The van der Waals surface area contributed by atoms with Gasteiger partial charge in [0.2, 0.25) is 0 Å². The molecule has 1 heterocycles. The number of methoxy groups -OCH3 is 1. The minimum atomic E-state index is -4.65. The van der Waals surface area contributed by atoms with Crippen molar-refractivity contribution in [2.75, 3.05) is 26.8 Å². The van der Waals surface area contributed by atoms with E-state index in [2.05, 4.69) is 0 Å². The third-order valence-corrected chi connectivity index (χ3v) is 5.86. The molecule has 174 valence electrons. The van der Waals surface area contributed by atoms with Gasteiger partial charge in [-0.05, 0) is 52.7 Å². The maximum atomic E-state index is 13.8. The second-order valence-electron chi connectivity index (χ2n) is 8.15. The predicted molar refractivity (Wildman–Crippen MR) is 113 cm³/mol. The van der Waals surface area contributed by atoms with Crippen LogP contribution in [0.1, 0.15) is 11.6 Å². The highest BCUT2D eigenvalue weighted by Gasteiger charge is 2.57. The van der Waals surface area contributed by atoms with Crippen LogP contribution in [0.25, 0.3) is 10.8 Å². The number of hydrogen-bond acceptors (Lipinski definition) is 4. The van der Waals surface area contributed by atoms with Crippen molar-refractivity contribution in [2.24, 2.45) is 5.41 Å². The van der Waals surface area contributed by atoms with Gasteiger partial charge in [-0.2, -0.15) is 13.2 Å². The Morgan fingerprint density at radius 2 is 1.61 bits per heavy atom. The van der Waals surface area contributed by atoms with E-state index in [1.807, 2.05) is 12.1 Å². The molecule has 9 heteroatoms. The average Bonchev–Trinajstić information content (AvgIpc) is 2.74. The SMILES string of the molecule is COc1ccc2cc(OCC3(C(=O)O)CN(C(c4ccc(F)cc4)C(F)(F)F)C3)ccc2c1. The lowest BCUT2D eigenvalue weighted by molar-refractivity contribution is -0.220. The molecule has 3 aromatic rings. The standard InChI is InChI=1S/C24H21F4NO4/c1-32-19-8-4-17-11-20(9-5-16(17)10-19)33-14-23(22(30)31)12-29(13-23)21(24(26,27)28)15-2-6-18(25)7-3-15/h2-11,21H,12-14H2,1H3,(H,30,31). The fourth-order valence-corrected chi connectivity index (χ4v) is 4.09. The van der Waals surface area contributed by atoms with Crippen LogP contribution in [0.5, 0.6) is 11.5 Å². The average molecular weight is 463 g/mol. The summed E-state index contributed by atoms with van der Waals surface area (Å²) < 4.78 is 65.3. The topological polar surface area (TPSA) is 59.0 Å². The van der Waals surface area contributed by atoms with Gasteiger partial charge in [0.05, 0.1) is 7.11 Å². The molecule has 1 atom stereocenters. The number of nitrogens with zero attached hydrogens (tertiary/aromatic N) is 1. The van der Waals surface area contributed by atoms with Crippen LogP contribution >= 0.6 is 0 Å². The van der Waals surface area contributed by atoms with Crippen molar-refractivity contribution in [3.63, 3.8) is 0 Å². The van der Waals surface area contributed by atoms with Gasteiger partial charge in [-0.3, -0.25) is 9.69 Å². The Hall–Kier alpha value is -3.33. The highest BCUT2D eigenvalue weighted by atomic mass is 19.4. The van der Waals surface area contributed by atoms with Gasteiger partial charge in [0.25, 0.3) is 0 Å². The molecule has 1 unspecified atom stereocenters. The van der Waals surface area contributed by atoms with Crippen LogP contribution in [0.3, 0.4) is 0 Å². The van der Waals surface area contributed by atoms with E-state index in [1.54, 1.807) is 31.4 Å². The molecule has 1 aliphatic heterocycles. The molecule has 4 rings (SSSR count). The second-order valence-corrected chi connectivity index (χ2v) is 8.15. The normalized spacial score (nSPS) is 16.8. The van der Waals surface area contributed by atoms with Crippen molar-refractivity contribution in [2.45, 2.75) is 12.2 Å².